The number of anilines is 2. The van der Waals surface area contributed by atoms with E-state index in [0.717, 1.165) is 11.1 Å². The van der Waals surface area contributed by atoms with Crippen LogP contribution in [0.4, 0.5) is 11.4 Å². The van der Waals surface area contributed by atoms with Gasteiger partial charge in [0.15, 0.2) is 10.3 Å². The van der Waals surface area contributed by atoms with Crippen molar-refractivity contribution < 1.29 is 19.2 Å². The van der Waals surface area contributed by atoms with Gasteiger partial charge in [-0.1, -0.05) is 79.2 Å². The van der Waals surface area contributed by atoms with Crippen LogP contribution in [0.3, 0.4) is 0 Å². The fraction of sp³-hybridized carbons (Fsp3) is 0.333. The normalized spacial score (nSPS) is 18.4. The summed E-state index contributed by atoms with van der Waals surface area (Å²) in [5, 5.41) is 9.04. The van der Waals surface area contributed by atoms with E-state index in [1.165, 1.54) is 33.3 Å². The summed E-state index contributed by atoms with van der Waals surface area (Å²) in [6, 6.07) is 14.8. The molecular weight excluding hydrogens is 536 g/mol. The summed E-state index contributed by atoms with van der Waals surface area (Å²) in [7, 11) is 0. The molecule has 2 aromatic rings. The first-order chi connectivity index (χ1) is 18.7. The van der Waals surface area contributed by atoms with E-state index in [4.69, 9.17) is 0 Å². The minimum atomic E-state index is -1.09. The van der Waals surface area contributed by atoms with Gasteiger partial charge < -0.3 is 0 Å². The van der Waals surface area contributed by atoms with E-state index < -0.39 is 17.7 Å². The number of rotatable bonds is 8. The molecule has 0 saturated carbocycles. The summed E-state index contributed by atoms with van der Waals surface area (Å²) < 4.78 is 0. The number of amidine groups is 2. The maximum absolute atomic E-state index is 13.2. The van der Waals surface area contributed by atoms with Crippen LogP contribution in [0.2, 0.25) is 0 Å². The molecule has 0 bridgehead atoms. The zero-order valence-corrected chi connectivity index (χ0v) is 23.8. The number of hydrogen-bond donors (Lipinski definition) is 2. The minimum absolute atomic E-state index is 0.148. The first-order valence-electron chi connectivity index (χ1n) is 12.5. The number of benzene rings is 2. The molecule has 4 rings (SSSR count). The van der Waals surface area contributed by atoms with Crippen LogP contribution in [0, 0.1) is 25.7 Å². The van der Waals surface area contributed by atoms with Crippen molar-refractivity contribution in [3.63, 3.8) is 0 Å². The molecule has 2 N–H and O–H groups in total. The van der Waals surface area contributed by atoms with E-state index >= 15 is 0 Å². The molecule has 2 aromatic carbocycles. The topological polar surface area (TPSA) is 124 Å². The molecule has 2 aliphatic heterocycles. The average molecular weight is 567 g/mol. The van der Waals surface area contributed by atoms with Gasteiger partial charge in [-0.15, -0.1) is 10.2 Å². The van der Waals surface area contributed by atoms with Crippen molar-refractivity contribution in [1.29, 1.82) is 0 Å². The Balaban J connectivity index is 1.48. The molecule has 1 unspecified atom stereocenters. The molecule has 4 amide bonds. The summed E-state index contributed by atoms with van der Waals surface area (Å²) in [5.74, 6) is -2.52. The van der Waals surface area contributed by atoms with Crippen molar-refractivity contribution in [2.24, 2.45) is 22.0 Å². The summed E-state index contributed by atoms with van der Waals surface area (Å²) in [6.07, 6.45) is 0.560. The van der Waals surface area contributed by atoms with Crippen molar-refractivity contribution >= 4 is 68.9 Å². The van der Waals surface area contributed by atoms with Crippen LogP contribution >= 0.6 is 23.5 Å². The molecule has 0 radical (unpaired) electrons. The summed E-state index contributed by atoms with van der Waals surface area (Å²) in [4.78, 5) is 54.2. The molecule has 204 valence electrons. The number of hydrazone groups is 2. The fourth-order valence-corrected chi connectivity index (χ4v) is 5.66. The van der Waals surface area contributed by atoms with Gasteiger partial charge in [0, 0.05) is 0 Å². The van der Waals surface area contributed by atoms with Gasteiger partial charge in [-0.2, -0.15) is 0 Å². The van der Waals surface area contributed by atoms with Crippen LogP contribution in [0.5, 0.6) is 0 Å². The fourth-order valence-electron chi connectivity index (χ4n) is 4.00. The Morgan fingerprint density at radius 1 is 0.795 bits per heavy atom. The molecule has 2 aliphatic rings. The van der Waals surface area contributed by atoms with Gasteiger partial charge in [0.1, 0.15) is 5.92 Å². The zero-order valence-electron chi connectivity index (χ0n) is 22.1. The highest BCUT2D eigenvalue weighted by Gasteiger charge is 2.35. The number of carbonyl (C=O) groups excluding carboxylic acids is 4. The Kier molecular flexibility index (Phi) is 9.08. The maximum atomic E-state index is 13.2. The predicted octanol–water partition coefficient (Wildman–Crippen LogP) is 3.60. The second-order valence-corrected chi connectivity index (χ2v) is 11.2. The van der Waals surface area contributed by atoms with Gasteiger partial charge in [0.25, 0.3) is 11.8 Å². The lowest BCUT2D eigenvalue weighted by molar-refractivity contribution is -0.137. The third-order valence-corrected chi connectivity index (χ3v) is 8.26. The third-order valence-electron chi connectivity index (χ3n) is 6.42. The van der Waals surface area contributed by atoms with Crippen LogP contribution in [0.15, 0.2) is 58.7 Å². The first-order valence-corrected chi connectivity index (χ1v) is 14.5. The SMILES string of the molecule is CCC(C)C(C(=O)N/N=C1/SCC(=O)N1c1ccc(C)cc1)C(=O)N/N=C1/SCC(=O)N1c1ccc(C)cc1. The average Bonchev–Trinajstić information content (AvgIpc) is 3.48. The van der Waals surface area contributed by atoms with Gasteiger partial charge in [0.05, 0.1) is 22.9 Å². The van der Waals surface area contributed by atoms with Crippen molar-refractivity contribution in [3.8, 4) is 0 Å². The molecule has 0 aliphatic carbocycles. The zero-order chi connectivity index (χ0) is 28.1. The highest BCUT2D eigenvalue weighted by Crippen LogP contribution is 2.28. The molecule has 0 spiro atoms. The number of aryl methyl sites for hydroxylation is 2. The molecular formula is C27H30N6O4S2. The molecule has 2 fully saturated rings. The Morgan fingerprint density at radius 3 is 1.54 bits per heavy atom. The van der Waals surface area contributed by atoms with Gasteiger partial charge in [-0.25, -0.2) is 10.9 Å². The molecule has 39 heavy (non-hydrogen) atoms. The predicted molar refractivity (Wildman–Crippen MR) is 156 cm³/mol. The van der Waals surface area contributed by atoms with E-state index in [1.54, 1.807) is 6.92 Å². The quantitative estimate of drug-likeness (QED) is 0.372. The van der Waals surface area contributed by atoms with E-state index in [0.29, 0.717) is 28.1 Å². The van der Waals surface area contributed by atoms with Gasteiger partial charge in [-0.05, 0) is 44.0 Å². The first kappa shape index (κ1) is 28.4. The Hall–Kier alpha value is -3.64. The van der Waals surface area contributed by atoms with Crippen LogP contribution in [-0.2, 0) is 19.2 Å². The lowest BCUT2D eigenvalue weighted by Gasteiger charge is -2.21. The molecule has 2 heterocycles. The molecule has 0 aromatic heterocycles. The number of amides is 4. The smallest absolute Gasteiger partial charge is 0.253 e. The maximum Gasteiger partial charge on any atom is 0.253 e. The second-order valence-electron chi connectivity index (χ2n) is 9.31. The summed E-state index contributed by atoms with van der Waals surface area (Å²) in [5.41, 5.74) is 8.37. The highest BCUT2D eigenvalue weighted by molar-refractivity contribution is 8.15. The van der Waals surface area contributed by atoms with E-state index in [2.05, 4.69) is 21.1 Å². The van der Waals surface area contributed by atoms with Crippen molar-refractivity contribution in [3.05, 3.63) is 59.7 Å². The van der Waals surface area contributed by atoms with E-state index in [-0.39, 0.29) is 29.2 Å². The lowest BCUT2D eigenvalue weighted by Crippen LogP contribution is -2.43. The molecule has 2 saturated heterocycles. The Bertz CT molecular complexity index is 1230. The van der Waals surface area contributed by atoms with Crippen molar-refractivity contribution in [2.75, 3.05) is 21.3 Å². The number of nitrogens with one attached hydrogen (secondary N) is 2. The van der Waals surface area contributed by atoms with E-state index in [1.807, 2.05) is 69.3 Å². The highest BCUT2D eigenvalue weighted by atomic mass is 32.2. The summed E-state index contributed by atoms with van der Waals surface area (Å²) in [6.45, 7) is 7.58. The van der Waals surface area contributed by atoms with Crippen molar-refractivity contribution in [1.82, 2.24) is 10.9 Å². The number of hydrogen-bond acceptors (Lipinski definition) is 8. The Labute approximate surface area is 235 Å². The van der Waals surface area contributed by atoms with Gasteiger partial charge in [0.2, 0.25) is 11.8 Å². The van der Waals surface area contributed by atoms with Crippen LogP contribution in [0.25, 0.3) is 0 Å². The van der Waals surface area contributed by atoms with Crippen LogP contribution in [0.1, 0.15) is 31.4 Å². The van der Waals surface area contributed by atoms with Crippen LogP contribution in [-0.4, -0.2) is 45.5 Å². The standard InChI is InChI=1S/C27H30N6O4S2/c1-5-18(4)23(24(36)28-30-26-32(21(34)14-38-26)19-10-6-16(2)7-11-19)25(37)29-31-27-33(22(35)15-39-27)20-12-8-17(3)9-13-20/h6-13,18,23H,5,14-15H2,1-4H3,(H,28,36)(H,29,37)/b30-26+,31-27+. The monoisotopic (exact) mass is 566 g/mol. The number of thioether (sulfide) groups is 2. The number of carbonyl (C=O) groups is 4. The summed E-state index contributed by atoms with van der Waals surface area (Å²) >= 11 is 2.42. The molecule has 10 nitrogen and oxygen atoms in total. The second kappa shape index (κ2) is 12.5. The number of nitrogens with zero attached hydrogens (tertiary/aromatic N) is 4. The minimum Gasteiger partial charge on any atom is -0.273 e. The van der Waals surface area contributed by atoms with E-state index in [9.17, 15) is 19.2 Å². The lowest BCUT2D eigenvalue weighted by atomic mass is 9.90. The van der Waals surface area contributed by atoms with Gasteiger partial charge in [-0.3, -0.25) is 29.0 Å². The van der Waals surface area contributed by atoms with Crippen molar-refractivity contribution in [2.45, 2.75) is 34.1 Å². The Morgan fingerprint density at radius 2 is 1.18 bits per heavy atom. The van der Waals surface area contributed by atoms with Gasteiger partial charge >= 0.3 is 0 Å². The molecule has 12 heteroatoms. The van der Waals surface area contributed by atoms with Crippen LogP contribution < -0.4 is 20.7 Å². The largest absolute Gasteiger partial charge is 0.273 e. The molecule has 1 atom stereocenters. The third kappa shape index (κ3) is 6.51.